The van der Waals surface area contributed by atoms with Gasteiger partial charge in [0.2, 0.25) is 5.76 Å². The molecule has 0 saturated heterocycles. The minimum absolute atomic E-state index is 0.137. The zero-order valence-electron chi connectivity index (χ0n) is 14.0. The molecule has 5 nitrogen and oxygen atoms in total. The number of hydrogen-bond donors (Lipinski definition) is 1. The molecular formula is C19H18FN3O2. The fraction of sp³-hybridized carbons (Fsp3) is 0.158. The van der Waals surface area contributed by atoms with Crippen molar-refractivity contribution in [1.29, 1.82) is 0 Å². The lowest BCUT2D eigenvalue weighted by atomic mass is 10.1. The molecule has 25 heavy (non-hydrogen) atoms. The molecule has 0 saturated carbocycles. The zero-order chi connectivity index (χ0) is 17.8. The highest BCUT2D eigenvalue weighted by Crippen LogP contribution is 2.26. The highest BCUT2D eigenvalue weighted by Gasteiger charge is 2.13. The van der Waals surface area contributed by atoms with E-state index >= 15 is 0 Å². The number of anilines is 2. The third kappa shape index (κ3) is 3.85. The Hall–Kier alpha value is -3.15. The molecule has 1 aromatic heterocycles. The summed E-state index contributed by atoms with van der Waals surface area (Å²) in [6.45, 7) is 1.93. The van der Waals surface area contributed by atoms with Crippen LogP contribution in [-0.2, 0) is 6.54 Å². The van der Waals surface area contributed by atoms with Crippen molar-refractivity contribution in [3.63, 3.8) is 0 Å². The molecule has 0 aliphatic heterocycles. The number of hydrogen-bond acceptors (Lipinski definition) is 4. The molecule has 6 heteroatoms. The van der Waals surface area contributed by atoms with Gasteiger partial charge in [-0.15, -0.1) is 0 Å². The Kier molecular flexibility index (Phi) is 4.79. The lowest BCUT2D eigenvalue weighted by Crippen LogP contribution is -2.22. The minimum Gasteiger partial charge on any atom is -0.351 e. The number of rotatable bonds is 5. The third-order valence-corrected chi connectivity index (χ3v) is 3.82. The Morgan fingerprint density at radius 3 is 2.60 bits per heavy atom. The van der Waals surface area contributed by atoms with E-state index in [9.17, 15) is 9.18 Å². The van der Waals surface area contributed by atoms with Gasteiger partial charge in [-0.1, -0.05) is 29.4 Å². The summed E-state index contributed by atoms with van der Waals surface area (Å²) in [5, 5.41) is 6.35. The van der Waals surface area contributed by atoms with E-state index in [1.807, 2.05) is 30.3 Å². The molecule has 0 radical (unpaired) electrons. The molecule has 3 aromatic rings. The van der Waals surface area contributed by atoms with Gasteiger partial charge in [0.1, 0.15) is 5.82 Å². The predicted molar refractivity (Wildman–Crippen MR) is 93.3 cm³/mol. The van der Waals surface area contributed by atoms with Crippen LogP contribution in [0.5, 0.6) is 0 Å². The van der Waals surface area contributed by atoms with E-state index in [1.165, 1.54) is 6.07 Å². The average molecular weight is 339 g/mol. The van der Waals surface area contributed by atoms with Gasteiger partial charge in [0.25, 0.3) is 5.91 Å². The standard InChI is InChI=1S/C19H18FN3O2/c1-13-10-18(25-22-13)19(24)21-12-14-8-9-17(16(20)11-14)23(2)15-6-4-3-5-7-15/h3-11H,12H2,1-2H3,(H,21,24). The molecule has 0 fully saturated rings. The molecule has 0 unspecified atom stereocenters. The fourth-order valence-corrected chi connectivity index (χ4v) is 2.46. The van der Waals surface area contributed by atoms with Crippen LogP contribution in [0.25, 0.3) is 0 Å². The summed E-state index contributed by atoms with van der Waals surface area (Å²) in [7, 11) is 1.81. The summed E-state index contributed by atoms with van der Waals surface area (Å²) >= 11 is 0. The second-order valence-electron chi connectivity index (χ2n) is 5.70. The van der Waals surface area contributed by atoms with Gasteiger partial charge in [0.05, 0.1) is 11.4 Å². The van der Waals surface area contributed by atoms with Crippen molar-refractivity contribution in [2.75, 3.05) is 11.9 Å². The number of carbonyl (C=O) groups excluding carboxylic acids is 1. The van der Waals surface area contributed by atoms with Crippen LogP contribution in [0, 0.1) is 12.7 Å². The topological polar surface area (TPSA) is 58.4 Å². The van der Waals surface area contributed by atoms with Gasteiger partial charge < -0.3 is 14.7 Å². The average Bonchev–Trinajstić information content (AvgIpc) is 3.06. The predicted octanol–water partition coefficient (Wildman–Crippen LogP) is 3.82. The smallest absolute Gasteiger partial charge is 0.290 e. The maximum Gasteiger partial charge on any atom is 0.290 e. The van der Waals surface area contributed by atoms with Crippen LogP contribution in [0.2, 0.25) is 0 Å². The Balaban J connectivity index is 1.68. The molecule has 1 heterocycles. The monoisotopic (exact) mass is 339 g/mol. The van der Waals surface area contributed by atoms with Crippen molar-refractivity contribution in [3.8, 4) is 0 Å². The molecule has 0 aliphatic carbocycles. The number of nitrogens with zero attached hydrogens (tertiary/aromatic N) is 2. The third-order valence-electron chi connectivity index (χ3n) is 3.82. The number of benzene rings is 2. The van der Waals surface area contributed by atoms with Crippen molar-refractivity contribution in [1.82, 2.24) is 10.5 Å². The van der Waals surface area contributed by atoms with E-state index < -0.39 is 0 Å². The molecule has 0 bridgehead atoms. The number of aromatic nitrogens is 1. The molecular weight excluding hydrogens is 321 g/mol. The first kappa shape index (κ1) is 16.7. The Morgan fingerprint density at radius 2 is 1.96 bits per heavy atom. The van der Waals surface area contributed by atoms with E-state index in [4.69, 9.17) is 4.52 Å². The van der Waals surface area contributed by atoms with Gasteiger partial charge in [-0.25, -0.2) is 4.39 Å². The van der Waals surface area contributed by atoms with E-state index in [0.29, 0.717) is 16.9 Å². The number of carbonyl (C=O) groups is 1. The zero-order valence-corrected chi connectivity index (χ0v) is 14.0. The van der Waals surface area contributed by atoms with Crippen molar-refractivity contribution in [2.24, 2.45) is 0 Å². The SMILES string of the molecule is Cc1cc(C(=O)NCc2ccc(N(C)c3ccccc3)c(F)c2)on1. The number of amides is 1. The maximum atomic E-state index is 14.5. The van der Waals surface area contributed by atoms with Crippen molar-refractivity contribution in [3.05, 3.63) is 77.4 Å². The number of nitrogens with one attached hydrogen (secondary N) is 1. The van der Waals surface area contributed by atoms with E-state index in [-0.39, 0.29) is 24.0 Å². The molecule has 0 atom stereocenters. The first-order valence-corrected chi connectivity index (χ1v) is 7.83. The second-order valence-corrected chi connectivity index (χ2v) is 5.70. The van der Waals surface area contributed by atoms with Crippen LogP contribution in [0.4, 0.5) is 15.8 Å². The van der Waals surface area contributed by atoms with Crippen LogP contribution in [0.1, 0.15) is 21.8 Å². The Labute approximate surface area is 145 Å². The van der Waals surface area contributed by atoms with Gasteiger partial charge in [-0.3, -0.25) is 4.79 Å². The minimum atomic E-state index is -0.383. The van der Waals surface area contributed by atoms with Gasteiger partial charge in [-0.05, 0) is 36.8 Å². The number of halogens is 1. The summed E-state index contributed by atoms with van der Waals surface area (Å²) in [5.74, 6) is -0.599. The fourth-order valence-electron chi connectivity index (χ4n) is 2.46. The highest BCUT2D eigenvalue weighted by atomic mass is 19.1. The Bertz CT molecular complexity index is 877. The maximum absolute atomic E-state index is 14.5. The van der Waals surface area contributed by atoms with Gasteiger partial charge in [0.15, 0.2) is 0 Å². The lowest BCUT2D eigenvalue weighted by Gasteiger charge is -2.20. The van der Waals surface area contributed by atoms with Crippen LogP contribution in [0.15, 0.2) is 59.1 Å². The van der Waals surface area contributed by atoms with E-state index in [2.05, 4.69) is 10.5 Å². The largest absolute Gasteiger partial charge is 0.351 e. The van der Waals surface area contributed by atoms with Crippen LogP contribution < -0.4 is 10.2 Å². The quantitative estimate of drug-likeness (QED) is 0.768. The summed E-state index contributed by atoms with van der Waals surface area (Å²) in [6, 6.07) is 16.0. The van der Waals surface area contributed by atoms with Crippen LogP contribution in [-0.4, -0.2) is 18.1 Å². The van der Waals surface area contributed by atoms with Crippen LogP contribution >= 0.6 is 0 Å². The molecule has 2 aromatic carbocycles. The summed E-state index contributed by atoms with van der Waals surface area (Å²) in [5.41, 5.74) is 2.65. The van der Waals surface area contributed by atoms with Crippen LogP contribution in [0.3, 0.4) is 0 Å². The number of para-hydroxylation sites is 1. The van der Waals surface area contributed by atoms with Gasteiger partial charge in [-0.2, -0.15) is 0 Å². The molecule has 1 amide bonds. The van der Waals surface area contributed by atoms with Gasteiger partial charge >= 0.3 is 0 Å². The molecule has 0 spiro atoms. The van der Waals surface area contributed by atoms with E-state index in [0.717, 1.165) is 5.69 Å². The molecule has 128 valence electrons. The molecule has 0 aliphatic rings. The van der Waals surface area contributed by atoms with Crippen molar-refractivity contribution in [2.45, 2.75) is 13.5 Å². The highest BCUT2D eigenvalue weighted by molar-refractivity contribution is 5.91. The second kappa shape index (κ2) is 7.17. The molecule has 3 rings (SSSR count). The summed E-state index contributed by atoms with van der Waals surface area (Å²) in [6.07, 6.45) is 0. The summed E-state index contributed by atoms with van der Waals surface area (Å²) < 4.78 is 19.3. The normalized spacial score (nSPS) is 10.5. The van der Waals surface area contributed by atoms with Crippen molar-refractivity contribution >= 4 is 17.3 Å². The van der Waals surface area contributed by atoms with Crippen molar-refractivity contribution < 1.29 is 13.7 Å². The van der Waals surface area contributed by atoms with Gasteiger partial charge in [0, 0.05) is 25.3 Å². The van der Waals surface area contributed by atoms with E-state index in [1.54, 1.807) is 37.1 Å². The molecule has 1 N–H and O–H groups in total. The lowest BCUT2D eigenvalue weighted by molar-refractivity contribution is 0.0914. The first-order chi connectivity index (χ1) is 12.0. The first-order valence-electron chi connectivity index (χ1n) is 7.83. The Morgan fingerprint density at radius 1 is 1.20 bits per heavy atom. The number of aryl methyl sites for hydroxylation is 1. The summed E-state index contributed by atoms with van der Waals surface area (Å²) in [4.78, 5) is 13.7.